The van der Waals surface area contributed by atoms with Gasteiger partial charge in [0.2, 0.25) is 11.2 Å². The summed E-state index contributed by atoms with van der Waals surface area (Å²) >= 11 is 6.00. The summed E-state index contributed by atoms with van der Waals surface area (Å²) in [5.74, 6) is -0.427. The van der Waals surface area contributed by atoms with E-state index in [9.17, 15) is 22.6 Å². The summed E-state index contributed by atoms with van der Waals surface area (Å²) in [5.41, 5.74) is 5.11. The number of rotatable bonds is 10. The molecule has 2 aromatic carbocycles. The highest BCUT2D eigenvalue weighted by molar-refractivity contribution is 7.86. The van der Waals surface area contributed by atoms with E-state index in [2.05, 4.69) is 25.6 Å². The summed E-state index contributed by atoms with van der Waals surface area (Å²) in [5, 5.41) is 14.9. The number of nitrogens with zero attached hydrogens (tertiary/aromatic N) is 3. The van der Waals surface area contributed by atoms with E-state index in [1.54, 1.807) is 12.1 Å². The molecule has 0 amide bonds. The number of aromatic nitrogens is 3. The first kappa shape index (κ1) is 28.4. The van der Waals surface area contributed by atoms with Crippen LogP contribution in [0.25, 0.3) is 0 Å². The molecule has 1 aliphatic carbocycles. The van der Waals surface area contributed by atoms with Crippen molar-refractivity contribution in [1.82, 2.24) is 15.0 Å². The number of carbonyl (C=O) groups excluding carboxylic acids is 2. The number of hydrogen-bond donors (Lipinski definition) is 5. The van der Waals surface area contributed by atoms with Crippen molar-refractivity contribution in [2.75, 3.05) is 36.1 Å². The summed E-state index contributed by atoms with van der Waals surface area (Å²) in [6.07, 6.45) is 0.948. The van der Waals surface area contributed by atoms with E-state index in [-0.39, 0.29) is 58.9 Å². The lowest BCUT2D eigenvalue weighted by Crippen LogP contribution is -2.28. The lowest BCUT2D eigenvalue weighted by atomic mass is 9.82. The van der Waals surface area contributed by atoms with Crippen molar-refractivity contribution in [2.24, 2.45) is 5.41 Å². The molecule has 206 valence electrons. The smallest absolute Gasteiger partial charge is 0.296 e. The topological polar surface area (TPSA) is 197 Å². The van der Waals surface area contributed by atoms with Crippen molar-refractivity contribution < 1.29 is 27.7 Å². The van der Waals surface area contributed by atoms with Crippen LogP contribution in [0, 0.1) is 5.41 Å². The Morgan fingerprint density at radius 3 is 2.28 bits per heavy atom. The second kappa shape index (κ2) is 10.8. The van der Waals surface area contributed by atoms with Crippen LogP contribution in [0.5, 0.6) is 0 Å². The standard InChI is InChI=1S/C25H27ClN6O6S/c1-25(2,8-7-17-30-23(26)32-24(31-17)28-9-10-33)12-29-15-11-16(39(36,37)38)20(27)19-18(15)21(34)13-5-3-4-6-14(13)22(19)35/h3-6,11,29,33H,7-10,12,27H2,1-2H3,(H,36,37,38)(H,28,30,31,32). The second-order valence-corrected chi connectivity index (χ2v) is 11.5. The molecule has 6 N–H and O–H groups in total. The zero-order valence-corrected chi connectivity index (χ0v) is 22.7. The SMILES string of the molecule is CC(C)(CCc1nc(Cl)nc(NCCO)n1)CNc1cc(S(=O)(=O)O)c(N)c2c1C(=O)c1ccccc1C2=O. The van der Waals surface area contributed by atoms with Crippen molar-refractivity contribution in [1.29, 1.82) is 0 Å². The lowest BCUT2D eigenvalue weighted by molar-refractivity contribution is 0.0980. The van der Waals surface area contributed by atoms with Crippen molar-refractivity contribution >= 4 is 50.6 Å². The van der Waals surface area contributed by atoms with Crippen LogP contribution in [0.2, 0.25) is 5.28 Å². The van der Waals surface area contributed by atoms with Crippen molar-refractivity contribution in [3.8, 4) is 0 Å². The number of nitrogen functional groups attached to an aromatic ring is 1. The first-order valence-corrected chi connectivity index (χ1v) is 13.8. The van der Waals surface area contributed by atoms with E-state index in [1.165, 1.54) is 12.1 Å². The van der Waals surface area contributed by atoms with Crippen LogP contribution in [0.4, 0.5) is 17.3 Å². The molecule has 0 unspecified atom stereocenters. The van der Waals surface area contributed by atoms with Crippen molar-refractivity contribution in [3.05, 3.63) is 63.7 Å². The minimum Gasteiger partial charge on any atom is -0.397 e. The molecule has 0 atom stereocenters. The highest BCUT2D eigenvalue weighted by atomic mass is 35.5. The lowest BCUT2D eigenvalue weighted by Gasteiger charge is -2.28. The fraction of sp³-hybridized carbons (Fsp3) is 0.320. The Bertz CT molecular complexity index is 1580. The van der Waals surface area contributed by atoms with Gasteiger partial charge in [0.15, 0.2) is 11.6 Å². The Morgan fingerprint density at radius 1 is 1.03 bits per heavy atom. The molecule has 14 heteroatoms. The van der Waals surface area contributed by atoms with Crippen LogP contribution in [0.15, 0.2) is 35.2 Å². The number of anilines is 3. The molecule has 1 heterocycles. The van der Waals surface area contributed by atoms with Gasteiger partial charge in [-0.1, -0.05) is 38.1 Å². The van der Waals surface area contributed by atoms with Gasteiger partial charge in [-0.15, -0.1) is 0 Å². The molecule has 12 nitrogen and oxygen atoms in total. The Morgan fingerprint density at radius 2 is 1.67 bits per heavy atom. The molecule has 39 heavy (non-hydrogen) atoms. The molecular formula is C25H27ClN6O6S. The molecular weight excluding hydrogens is 548 g/mol. The highest BCUT2D eigenvalue weighted by Crippen LogP contribution is 2.39. The Balaban J connectivity index is 1.63. The Labute approximate surface area is 229 Å². The largest absolute Gasteiger partial charge is 0.397 e. The molecule has 4 rings (SSSR count). The number of aliphatic hydroxyl groups excluding tert-OH is 1. The average molecular weight is 575 g/mol. The van der Waals surface area contributed by atoms with E-state index in [1.807, 2.05) is 13.8 Å². The van der Waals surface area contributed by atoms with Gasteiger partial charge in [-0.3, -0.25) is 14.1 Å². The summed E-state index contributed by atoms with van der Waals surface area (Å²) in [4.78, 5) is 38.5. The summed E-state index contributed by atoms with van der Waals surface area (Å²) in [7, 11) is -4.81. The van der Waals surface area contributed by atoms with Crippen LogP contribution in [-0.2, 0) is 16.5 Å². The fourth-order valence-corrected chi connectivity index (χ4v) is 5.09. The zero-order chi connectivity index (χ0) is 28.5. The van der Waals surface area contributed by atoms with Gasteiger partial charge >= 0.3 is 0 Å². The Hall–Kier alpha value is -3.65. The van der Waals surface area contributed by atoms with E-state index >= 15 is 0 Å². The number of ketones is 2. The summed E-state index contributed by atoms with van der Waals surface area (Å²) in [6.45, 7) is 4.25. The highest BCUT2D eigenvalue weighted by Gasteiger charge is 2.36. The first-order valence-electron chi connectivity index (χ1n) is 11.9. The fourth-order valence-electron chi connectivity index (χ4n) is 4.27. The number of carbonyl (C=O) groups is 2. The normalized spacial score (nSPS) is 13.2. The van der Waals surface area contributed by atoms with Gasteiger partial charge in [-0.05, 0) is 29.5 Å². The third kappa shape index (κ3) is 6.01. The van der Waals surface area contributed by atoms with Gasteiger partial charge in [0.1, 0.15) is 10.7 Å². The van der Waals surface area contributed by atoms with Gasteiger partial charge in [-0.25, -0.2) is 4.98 Å². The first-order chi connectivity index (χ1) is 18.3. The van der Waals surface area contributed by atoms with E-state index in [0.29, 0.717) is 18.7 Å². The maximum atomic E-state index is 13.4. The van der Waals surface area contributed by atoms with Gasteiger partial charge in [0.25, 0.3) is 10.1 Å². The zero-order valence-electron chi connectivity index (χ0n) is 21.2. The molecule has 0 bridgehead atoms. The third-order valence-corrected chi connectivity index (χ3v) is 7.37. The van der Waals surface area contributed by atoms with Gasteiger partial charge < -0.3 is 21.5 Å². The predicted octanol–water partition coefficient (Wildman–Crippen LogP) is 2.60. The molecule has 0 spiro atoms. The molecule has 0 fully saturated rings. The molecule has 1 aliphatic rings. The number of nitrogens with two attached hydrogens (primary N) is 1. The molecule has 0 saturated carbocycles. The van der Waals surface area contributed by atoms with Crippen LogP contribution < -0.4 is 16.4 Å². The van der Waals surface area contributed by atoms with Crippen LogP contribution >= 0.6 is 11.6 Å². The second-order valence-electron chi connectivity index (χ2n) is 9.78. The van der Waals surface area contributed by atoms with E-state index < -0.39 is 37.7 Å². The number of benzene rings is 2. The molecule has 0 radical (unpaired) electrons. The van der Waals surface area contributed by atoms with Crippen molar-refractivity contribution in [2.45, 2.75) is 31.6 Å². The van der Waals surface area contributed by atoms with Gasteiger partial charge in [0.05, 0.1) is 23.4 Å². The molecule has 1 aromatic heterocycles. The maximum absolute atomic E-state index is 13.4. The quantitative estimate of drug-likeness (QED) is 0.137. The number of fused-ring (bicyclic) bond motifs is 2. The molecule has 0 saturated heterocycles. The number of aryl methyl sites for hydroxylation is 1. The molecule has 3 aromatic rings. The minimum atomic E-state index is -4.81. The number of aliphatic hydroxyl groups is 1. The summed E-state index contributed by atoms with van der Waals surface area (Å²) in [6, 6.07) is 7.27. The Kier molecular flexibility index (Phi) is 7.89. The number of hydrogen-bond acceptors (Lipinski definition) is 11. The number of nitrogens with one attached hydrogen (secondary N) is 2. The van der Waals surface area contributed by atoms with Gasteiger partial charge in [0, 0.05) is 36.3 Å². The number of halogens is 1. The molecule has 0 aliphatic heterocycles. The minimum absolute atomic E-state index is 0.00563. The van der Waals surface area contributed by atoms with Crippen molar-refractivity contribution in [3.63, 3.8) is 0 Å². The van der Waals surface area contributed by atoms with Crippen LogP contribution in [0.3, 0.4) is 0 Å². The van der Waals surface area contributed by atoms with E-state index in [0.717, 1.165) is 6.07 Å². The van der Waals surface area contributed by atoms with Crippen LogP contribution in [-0.4, -0.2) is 64.3 Å². The third-order valence-electron chi connectivity index (χ3n) is 6.31. The average Bonchev–Trinajstić information content (AvgIpc) is 2.87. The maximum Gasteiger partial charge on any atom is 0.296 e. The van der Waals surface area contributed by atoms with Crippen LogP contribution in [0.1, 0.15) is 57.9 Å². The predicted molar refractivity (Wildman–Crippen MR) is 145 cm³/mol. The van der Waals surface area contributed by atoms with E-state index in [4.69, 9.17) is 22.4 Å². The summed E-state index contributed by atoms with van der Waals surface area (Å²) < 4.78 is 34.0. The monoisotopic (exact) mass is 574 g/mol. The van der Waals surface area contributed by atoms with Gasteiger partial charge in [-0.2, -0.15) is 18.4 Å².